The number of nitrogens with zero attached hydrogens (tertiary/aromatic N) is 3. The second-order valence-electron chi connectivity index (χ2n) is 5.08. The van der Waals surface area contributed by atoms with Crippen molar-refractivity contribution < 1.29 is 9.21 Å². The summed E-state index contributed by atoms with van der Waals surface area (Å²) in [6, 6.07) is 1.95. The summed E-state index contributed by atoms with van der Waals surface area (Å²) in [6.45, 7) is 3.98. The van der Waals surface area contributed by atoms with Crippen molar-refractivity contribution in [1.82, 2.24) is 20.4 Å². The van der Waals surface area contributed by atoms with Gasteiger partial charge in [0.15, 0.2) is 0 Å². The van der Waals surface area contributed by atoms with E-state index in [1.807, 2.05) is 28.7 Å². The minimum Gasteiger partial charge on any atom is -0.420 e. The van der Waals surface area contributed by atoms with E-state index in [2.05, 4.69) is 15.5 Å². The number of carbonyl (C=O) groups excluding carboxylic acids is 1. The first-order chi connectivity index (χ1) is 10.3. The molecule has 2 aromatic rings. The molecule has 0 saturated carbocycles. The fourth-order valence-electron chi connectivity index (χ4n) is 2.53. The van der Waals surface area contributed by atoms with Crippen molar-refractivity contribution in [2.24, 2.45) is 0 Å². The largest absolute Gasteiger partial charge is 0.420 e. The summed E-state index contributed by atoms with van der Waals surface area (Å²) in [6.07, 6.45) is 1.93. The smallest absolute Gasteiger partial charge is 0.317 e. The van der Waals surface area contributed by atoms with Gasteiger partial charge in [0.1, 0.15) is 0 Å². The third kappa shape index (κ3) is 3.07. The van der Waals surface area contributed by atoms with Gasteiger partial charge >= 0.3 is 6.03 Å². The molecule has 3 rings (SSSR count). The number of rotatable bonds is 3. The number of hydrogen-bond acceptors (Lipinski definition) is 5. The lowest BCUT2D eigenvalue weighted by Crippen LogP contribution is -2.44. The lowest BCUT2D eigenvalue weighted by atomic mass is 9.98. The van der Waals surface area contributed by atoms with Crippen LogP contribution in [0.4, 0.5) is 4.79 Å². The fraction of sp³-hybridized carbons (Fsp3) is 0.500. The van der Waals surface area contributed by atoms with E-state index in [9.17, 15) is 4.79 Å². The van der Waals surface area contributed by atoms with Gasteiger partial charge in [-0.3, -0.25) is 0 Å². The lowest BCUT2D eigenvalue weighted by Gasteiger charge is -2.30. The molecule has 112 valence electrons. The molecule has 1 N–H and O–H groups in total. The van der Waals surface area contributed by atoms with Crippen LogP contribution in [-0.4, -0.2) is 40.8 Å². The Bertz CT molecular complexity index is 596. The molecular formula is C14H18N4O2S. The minimum atomic E-state index is -0.0141. The molecule has 0 aliphatic carbocycles. The Kier molecular flexibility index (Phi) is 4.19. The summed E-state index contributed by atoms with van der Waals surface area (Å²) in [7, 11) is 0. The molecule has 1 fully saturated rings. The van der Waals surface area contributed by atoms with Crippen LogP contribution in [0.5, 0.6) is 0 Å². The van der Waals surface area contributed by atoms with Crippen molar-refractivity contribution in [3.8, 4) is 11.5 Å². The molecule has 1 saturated heterocycles. The Balaban J connectivity index is 1.70. The SMILES string of the molecule is CCNC(=O)N1CCCC(c2nnc(-c3ccsc3)o2)C1. The van der Waals surface area contributed by atoms with Crippen LogP contribution in [0.3, 0.4) is 0 Å². The Morgan fingerprint density at radius 3 is 3.24 bits per heavy atom. The zero-order chi connectivity index (χ0) is 14.7. The van der Waals surface area contributed by atoms with E-state index in [1.165, 1.54) is 0 Å². The van der Waals surface area contributed by atoms with Crippen LogP contribution in [-0.2, 0) is 0 Å². The first-order valence-electron chi connectivity index (χ1n) is 7.16. The maximum absolute atomic E-state index is 11.9. The Hall–Kier alpha value is -1.89. The van der Waals surface area contributed by atoms with Gasteiger partial charge in [-0.05, 0) is 31.2 Å². The highest BCUT2D eigenvalue weighted by Gasteiger charge is 2.28. The lowest BCUT2D eigenvalue weighted by molar-refractivity contribution is 0.175. The Labute approximate surface area is 127 Å². The summed E-state index contributed by atoms with van der Waals surface area (Å²) in [5, 5.41) is 15.1. The van der Waals surface area contributed by atoms with E-state index in [0.717, 1.165) is 24.9 Å². The van der Waals surface area contributed by atoms with Crippen molar-refractivity contribution in [1.29, 1.82) is 0 Å². The zero-order valence-corrected chi connectivity index (χ0v) is 12.7. The van der Waals surface area contributed by atoms with Gasteiger partial charge in [-0.25, -0.2) is 4.79 Å². The molecule has 0 bridgehead atoms. The number of likely N-dealkylation sites (tertiary alicyclic amines) is 1. The second-order valence-corrected chi connectivity index (χ2v) is 5.86. The maximum atomic E-state index is 11.9. The zero-order valence-electron chi connectivity index (χ0n) is 11.9. The van der Waals surface area contributed by atoms with Gasteiger partial charge in [-0.15, -0.1) is 10.2 Å². The number of hydrogen-bond donors (Lipinski definition) is 1. The molecule has 2 amide bonds. The van der Waals surface area contributed by atoms with E-state index in [-0.39, 0.29) is 11.9 Å². The Morgan fingerprint density at radius 1 is 1.57 bits per heavy atom. The Morgan fingerprint density at radius 2 is 2.48 bits per heavy atom. The predicted molar refractivity (Wildman–Crippen MR) is 80.2 cm³/mol. The first-order valence-corrected chi connectivity index (χ1v) is 8.11. The van der Waals surface area contributed by atoms with E-state index in [1.54, 1.807) is 11.3 Å². The van der Waals surface area contributed by atoms with E-state index in [0.29, 0.717) is 24.9 Å². The molecule has 1 aliphatic rings. The molecule has 6 nitrogen and oxygen atoms in total. The quantitative estimate of drug-likeness (QED) is 0.946. The van der Waals surface area contributed by atoms with Gasteiger partial charge in [-0.2, -0.15) is 11.3 Å². The van der Waals surface area contributed by atoms with Crippen LogP contribution < -0.4 is 5.32 Å². The van der Waals surface area contributed by atoms with Crippen LogP contribution >= 0.6 is 11.3 Å². The predicted octanol–water partition coefficient (Wildman–Crippen LogP) is 2.71. The van der Waals surface area contributed by atoms with Crippen LogP contribution in [0.1, 0.15) is 31.6 Å². The van der Waals surface area contributed by atoms with Gasteiger partial charge in [-0.1, -0.05) is 0 Å². The molecule has 1 unspecified atom stereocenters. The number of urea groups is 1. The van der Waals surface area contributed by atoms with Crippen LogP contribution in [0.25, 0.3) is 11.5 Å². The second kappa shape index (κ2) is 6.26. The topological polar surface area (TPSA) is 71.3 Å². The normalized spacial score (nSPS) is 18.7. The average Bonchev–Trinajstić information content (AvgIpc) is 3.18. The minimum absolute atomic E-state index is 0.0141. The van der Waals surface area contributed by atoms with Crippen LogP contribution in [0.15, 0.2) is 21.2 Å². The molecule has 1 aliphatic heterocycles. The van der Waals surface area contributed by atoms with E-state index >= 15 is 0 Å². The number of aromatic nitrogens is 2. The number of thiophene rings is 1. The highest BCUT2D eigenvalue weighted by Crippen LogP contribution is 2.29. The maximum Gasteiger partial charge on any atom is 0.317 e. The van der Waals surface area contributed by atoms with Crippen molar-refractivity contribution in [2.45, 2.75) is 25.7 Å². The molecule has 0 spiro atoms. The molecule has 21 heavy (non-hydrogen) atoms. The van der Waals surface area contributed by atoms with Gasteiger partial charge in [0.2, 0.25) is 11.8 Å². The molecular weight excluding hydrogens is 288 g/mol. The average molecular weight is 306 g/mol. The van der Waals surface area contributed by atoms with E-state index < -0.39 is 0 Å². The third-order valence-electron chi connectivity index (χ3n) is 3.59. The summed E-state index contributed by atoms with van der Waals surface area (Å²) in [5.41, 5.74) is 0.954. The molecule has 2 aromatic heterocycles. The summed E-state index contributed by atoms with van der Waals surface area (Å²) in [4.78, 5) is 13.7. The van der Waals surface area contributed by atoms with Gasteiger partial charge in [0, 0.05) is 30.6 Å². The number of piperidine rings is 1. The number of amides is 2. The summed E-state index contributed by atoms with van der Waals surface area (Å²) in [5.74, 6) is 1.31. The third-order valence-corrected chi connectivity index (χ3v) is 4.28. The monoisotopic (exact) mass is 306 g/mol. The first kappa shape index (κ1) is 14.1. The van der Waals surface area contributed by atoms with Gasteiger partial charge in [0.05, 0.1) is 5.92 Å². The van der Waals surface area contributed by atoms with Crippen molar-refractivity contribution in [2.75, 3.05) is 19.6 Å². The van der Waals surface area contributed by atoms with E-state index in [4.69, 9.17) is 4.42 Å². The standard InChI is InChI=1S/C14H18N4O2S/c1-2-15-14(19)18-6-3-4-10(8-18)12-16-17-13(20-12)11-5-7-21-9-11/h5,7,9-10H,2-4,6,8H2,1H3,(H,15,19). The highest BCUT2D eigenvalue weighted by molar-refractivity contribution is 7.08. The number of nitrogens with one attached hydrogen (secondary N) is 1. The fourth-order valence-corrected chi connectivity index (χ4v) is 3.16. The van der Waals surface area contributed by atoms with Crippen molar-refractivity contribution >= 4 is 17.4 Å². The van der Waals surface area contributed by atoms with Gasteiger partial charge in [0.25, 0.3) is 0 Å². The summed E-state index contributed by atoms with van der Waals surface area (Å²) >= 11 is 1.60. The van der Waals surface area contributed by atoms with Crippen LogP contribution in [0.2, 0.25) is 0 Å². The van der Waals surface area contributed by atoms with Crippen LogP contribution in [0, 0.1) is 0 Å². The molecule has 1 atom stereocenters. The van der Waals surface area contributed by atoms with Gasteiger partial charge < -0.3 is 14.6 Å². The van der Waals surface area contributed by atoms with Crippen molar-refractivity contribution in [3.05, 3.63) is 22.7 Å². The summed E-state index contributed by atoms with van der Waals surface area (Å²) < 4.78 is 5.78. The molecule has 3 heterocycles. The van der Waals surface area contributed by atoms with Crippen molar-refractivity contribution in [3.63, 3.8) is 0 Å². The molecule has 0 radical (unpaired) electrons. The molecule has 7 heteroatoms. The number of carbonyl (C=O) groups is 1. The highest BCUT2D eigenvalue weighted by atomic mass is 32.1. The molecule has 0 aromatic carbocycles.